The van der Waals surface area contributed by atoms with E-state index in [2.05, 4.69) is 24.5 Å². The first-order valence-electron chi connectivity index (χ1n) is 8.14. The molecule has 0 fully saturated rings. The number of carbonyl (C=O) groups is 1. The largest absolute Gasteiger partial charge is 0.374 e. The van der Waals surface area contributed by atoms with Gasteiger partial charge in [0.1, 0.15) is 6.04 Å². The highest BCUT2D eigenvalue weighted by atomic mass is 19.2. The fraction of sp³-hybridized carbons (Fsp3) is 0.316. The summed E-state index contributed by atoms with van der Waals surface area (Å²) in [5.74, 6) is -4.44. The minimum atomic E-state index is -1.61. The van der Waals surface area contributed by atoms with Crippen molar-refractivity contribution in [3.63, 3.8) is 0 Å². The Labute approximate surface area is 145 Å². The molecule has 0 unspecified atom stereocenters. The smallest absolute Gasteiger partial charge is 0.246 e. The lowest BCUT2D eigenvalue weighted by Gasteiger charge is -2.17. The molecule has 0 aromatic heterocycles. The summed E-state index contributed by atoms with van der Waals surface area (Å²) in [6, 6.07) is 8.75. The summed E-state index contributed by atoms with van der Waals surface area (Å²) < 4.78 is 39.7. The Morgan fingerprint density at radius 1 is 1.00 bits per heavy atom. The van der Waals surface area contributed by atoms with Gasteiger partial charge in [-0.15, -0.1) is 0 Å². The topological polar surface area (TPSA) is 41.1 Å². The first-order chi connectivity index (χ1) is 11.8. The molecule has 0 saturated heterocycles. The molecule has 2 N–H and O–H groups in total. The number of hydrogen-bond acceptors (Lipinski definition) is 2. The molecule has 25 heavy (non-hydrogen) atoms. The molecule has 0 heterocycles. The van der Waals surface area contributed by atoms with Gasteiger partial charge in [0.25, 0.3) is 0 Å². The van der Waals surface area contributed by atoms with Crippen molar-refractivity contribution in [3.8, 4) is 0 Å². The second-order valence-electron chi connectivity index (χ2n) is 6.01. The third-order valence-electron chi connectivity index (χ3n) is 4.16. The highest BCUT2D eigenvalue weighted by molar-refractivity contribution is 5.96. The van der Waals surface area contributed by atoms with Gasteiger partial charge in [-0.2, -0.15) is 0 Å². The van der Waals surface area contributed by atoms with Gasteiger partial charge in [-0.05, 0) is 49.1 Å². The van der Waals surface area contributed by atoms with Crippen molar-refractivity contribution in [2.75, 3.05) is 10.6 Å². The number of halogens is 3. The van der Waals surface area contributed by atoms with Gasteiger partial charge in [0.2, 0.25) is 5.91 Å². The van der Waals surface area contributed by atoms with E-state index in [-0.39, 0.29) is 0 Å². The molecular weight excluding hydrogens is 329 g/mol. The highest BCUT2D eigenvalue weighted by Gasteiger charge is 2.18. The third kappa shape index (κ3) is 4.53. The van der Waals surface area contributed by atoms with E-state index in [1.807, 2.05) is 24.3 Å². The van der Waals surface area contributed by atoms with Crippen molar-refractivity contribution in [2.45, 2.75) is 39.2 Å². The van der Waals surface area contributed by atoms with Gasteiger partial charge < -0.3 is 10.6 Å². The van der Waals surface area contributed by atoms with E-state index in [1.165, 1.54) is 5.56 Å². The Hall–Kier alpha value is -2.50. The summed E-state index contributed by atoms with van der Waals surface area (Å²) >= 11 is 0. The van der Waals surface area contributed by atoms with E-state index in [9.17, 15) is 18.0 Å². The second kappa shape index (κ2) is 8.05. The van der Waals surface area contributed by atoms with Crippen molar-refractivity contribution in [3.05, 3.63) is 59.4 Å². The second-order valence-corrected chi connectivity index (χ2v) is 6.01. The molecule has 0 bridgehead atoms. The Bertz CT molecular complexity index is 747. The van der Waals surface area contributed by atoms with E-state index < -0.39 is 35.1 Å². The molecular formula is C19H21F3N2O. The van der Waals surface area contributed by atoms with Gasteiger partial charge in [0, 0.05) is 5.69 Å². The normalized spacial score (nSPS) is 13.2. The average Bonchev–Trinajstić information content (AvgIpc) is 2.62. The number of rotatable bonds is 6. The molecule has 3 nitrogen and oxygen atoms in total. The molecule has 0 aliphatic rings. The molecule has 2 aromatic rings. The molecule has 2 aromatic carbocycles. The predicted octanol–water partition coefficient (Wildman–Crippen LogP) is 5.06. The zero-order chi connectivity index (χ0) is 18.6. The molecule has 0 aliphatic carbocycles. The summed E-state index contributed by atoms with van der Waals surface area (Å²) in [7, 11) is 0. The maximum atomic E-state index is 13.6. The van der Waals surface area contributed by atoms with Gasteiger partial charge in [-0.1, -0.05) is 26.0 Å². The maximum Gasteiger partial charge on any atom is 0.246 e. The van der Waals surface area contributed by atoms with Crippen molar-refractivity contribution in [1.29, 1.82) is 0 Å². The van der Waals surface area contributed by atoms with Crippen LogP contribution >= 0.6 is 0 Å². The molecule has 2 rings (SSSR count). The van der Waals surface area contributed by atoms with Crippen molar-refractivity contribution < 1.29 is 18.0 Å². The minimum absolute atomic E-state index is 0.398. The van der Waals surface area contributed by atoms with E-state index >= 15 is 0 Å². The van der Waals surface area contributed by atoms with Crippen LogP contribution in [-0.4, -0.2) is 11.9 Å². The number of hydrogen-bond donors (Lipinski definition) is 2. The van der Waals surface area contributed by atoms with Crippen molar-refractivity contribution in [1.82, 2.24) is 0 Å². The van der Waals surface area contributed by atoms with Gasteiger partial charge in [0.05, 0.1) is 5.69 Å². The SMILES string of the molecule is CC[C@H](C)c1ccc(N[C@H](C)C(=O)Nc2ccc(F)c(F)c2F)cc1. The summed E-state index contributed by atoms with van der Waals surface area (Å²) in [4.78, 5) is 12.1. The summed E-state index contributed by atoms with van der Waals surface area (Å²) in [5, 5.41) is 5.24. The molecule has 134 valence electrons. The number of benzene rings is 2. The average molecular weight is 350 g/mol. The third-order valence-corrected chi connectivity index (χ3v) is 4.16. The van der Waals surface area contributed by atoms with Crippen LogP contribution in [0.2, 0.25) is 0 Å². The van der Waals surface area contributed by atoms with Gasteiger partial charge in [-0.3, -0.25) is 4.79 Å². The van der Waals surface area contributed by atoms with Crippen LogP contribution in [0.15, 0.2) is 36.4 Å². The zero-order valence-corrected chi connectivity index (χ0v) is 14.4. The summed E-state index contributed by atoms with van der Waals surface area (Å²) in [6.45, 7) is 5.84. The molecule has 2 atom stereocenters. The van der Waals surface area contributed by atoms with Gasteiger partial charge in [-0.25, -0.2) is 13.2 Å². The molecule has 0 aliphatic heterocycles. The summed E-state index contributed by atoms with van der Waals surface area (Å²) in [6.07, 6.45) is 1.03. The van der Waals surface area contributed by atoms with E-state index in [1.54, 1.807) is 6.92 Å². The lowest BCUT2D eigenvalue weighted by molar-refractivity contribution is -0.116. The van der Waals surface area contributed by atoms with E-state index in [0.717, 1.165) is 24.2 Å². The van der Waals surface area contributed by atoms with Gasteiger partial charge in [0.15, 0.2) is 17.5 Å². The minimum Gasteiger partial charge on any atom is -0.374 e. The Morgan fingerprint density at radius 3 is 2.24 bits per heavy atom. The quantitative estimate of drug-likeness (QED) is 0.715. The maximum absolute atomic E-state index is 13.6. The van der Waals surface area contributed by atoms with Crippen LogP contribution in [0.1, 0.15) is 38.7 Å². The van der Waals surface area contributed by atoms with E-state index in [4.69, 9.17) is 0 Å². The number of carbonyl (C=O) groups excluding carboxylic acids is 1. The summed E-state index contributed by atoms with van der Waals surface area (Å²) in [5.41, 5.74) is 1.54. The van der Waals surface area contributed by atoms with Crippen LogP contribution in [0, 0.1) is 17.5 Å². The van der Waals surface area contributed by atoms with Crippen molar-refractivity contribution in [2.24, 2.45) is 0 Å². The lowest BCUT2D eigenvalue weighted by Crippen LogP contribution is -2.32. The number of anilines is 2. The highest BCUT2D eigenvalue weighted by Crippen LogP contribution is 2.22. The molecule has 0 radical (unpaired) electrons. The Balaban J connectivity index is 2.02. The zero-order valence-electron chi connectivity index (χ0n) is 14.4. The Kier molecular flexibility index (Phi) is 6.07. The monoisotopic (exact) mass is 350 g/mol. The van der Waals surface area contributed by atoms with Crippen LogP contribution in [0.5, 0.6) is 0 Å². The molecule has 0 saturated carbocycles. The van der Waals surface area contributed by atoms with Crippen LogP contribution in [0.25, 0.3) is 0 Å². The lowest BCUT2D eigenvalue weighted by atomic mass is 9.98. The van der Waals surface area contributed by atoms with Crippen LogP contribution in [-0.2, 0) is 4.79 Å². The van der Waals surface area contributed by atoms with Crippen LogP contribution in [0.3, 0.4) is 0 Å². The molecule has 1 amide bonds. The number of nitrogens with one attached hydrogen (secondary N) is 2. The van der Waals surface area contributed by atoms with Gasteiger partial charge >= 0.3 is 0 Å². The number of amides is 1. The standard InChI is InChI=1S/C19H21F3N2O/c1-4-11(2)13-5-7-14(8-6-13)23-12(3)19(25)24-16-10-9-15(20)17(21)18(16)22/h5-12,23H,4H2,1-3H3,(H,24,25)/t11-,12+/m0/s1. The van der Waals surface area contributed by atoms with Crippen molar-refractivity contribution >= 4 is 17.3 Å². The fourth-order valence-electron chi connectivity index (χ4n) is 2.32. The Morgan fingerprint density at radius 2 is 1.64 bits per heavy atom. The predicted molar refractivity (Wildman–Crippen MR) is 93.2 cm³/mol. The fourth-order valence-corrected chi connectivity index (χ4v) is 2.32. The first kappa shape index (κ1) is 18.8. The first-order valence-corrected chi connectivity index (χ1v) is 8.14. The van der Waals surface area contributed by atoms with Crippen LogP contribution in [0.4, 0.5) is 24.5 Å². The van der Waals surface area contributed by atoms with E-state index in [0.29, 0.717) is 5.92 Å². The molecule has 0 spiro atoms. The van der Waals surface area contributed by atoms with Crippen LogP contribution < -0.4 is 10.6 Å². The molecule has 6 heteroatoms.